The monoisotopic (exact) mass is 232 g/mol. The second-order valence-electron chi connectivity index (χ2n) is 4.51. The number of anilines is 1. The molecule has 17 heavy (non-hydrogen) atoms. The standard InChI is InChI=1S/C13H20N4/c1-5-10(6-2)17-9(4)8(3)11-12(14)15-7-16-13(11)17/h7,10H,5-6H2,1-4H3,(H2,14,15,16). The first-order valence-corrected chi connectivity index (χ1v) is 6.19. The van der Waals surface area contributed by atoms with Gasteiger partial charge in [-0.3, -0.25) is 0 Å². The molecule has 0 saturated heterocycles. The van der Waals surface area contributed by atoms with Gasteiger partial charge in [-0.1, -0.05) is 13.8 Å². The van der Waals surface area contributed by atoms with Crippen molar-refractivity contribution in [2.24, 2.45) is 0 Å². The van der Waals surface area contributed by atoms with E-state index in [9.17, 15) is 0 Å². The topological polar surface area (TPSA) is 56.7 Å². The van der Waals surface area contributed by atoms with Crippen LogP contribution in [0.4, 0.5) is 5.82 Å². The molecule has 0 aliphatic carbocycles. The highest BCUT2D eigenvalue weighted by Crippen LogP contribution is 2.31. The summed E-state index contributed by atoms with van der Waals surface area (Å²) in [7, 11) is 0. The van der Waals surface area contributed by atoms with Crippen LogP contribution in [0.25, 0.3) is 11.0 Å². The fourth-order valence-electron chi connectivity index (χ4n) is 2.55. The summed E-state index contributed by atoms with van der Waals surface area (Å²) in [4.78, 5) is 8.50. The number of hydrogen-bond donors (Lipinski definition) is 1. The van der Waals surface area contributed by atoms with Gasteiger partial charge in [-0.05, 0) is 32.3 Å². The van der Waals surface area contributed by atoms with Gasteiger partial charge in [0.25, 0.3) is 0 Å². The summed E-state index contributed by atoms with van der Waals surface area (Å²) in [5.74, 6) is 0.584. The van der Waals surface area contributed by atoms with Crippen LogP contribution < -0.4 is 5.73 Å². The van der Waals surface area contributed by atoms with Crippen LogP contribution >= 0.6 is 0 Å². The van der Waals surface area contributed by atoms with E-state index >= 15 is 0 Å². The Morgan fingerprint density at radius 2 is 1.88 bits per heavy atom. The molecule has 0 atom stereocenters. The summed E-state index contributed by atoms with van der Waals surface area (Å²) in [6.07, 6.45) is 3.75. The zero-order chi connectivity index (χ0) is 12.6. The van der Waals surface area contributed by atoms with E-state index in [2.05, 4.69) is 42.2 Å². The van der Waals surface area contributed by atoms with Gasteiger partial charge in [-0.2, -0.15) is 0 Å². The van der Waals surface area contributed by atoms with Crippen LogP contribution in [0.3, 0.4) is 0 Å². The lowest BCUT2D eigenvalue weighted by atomic mass is 10.1. The lowest BCUT2D eigenvalue weighted by Crippen LogP contribution is -2.09. The Kier molecular flexibility index (Phi) is 3.05. The Labute approximate surface area is 102 Å². The molecule has 0 unspecified atom stereocenters. The van der Waals surface area contributed by atoms with Gasteiger partial charge in [-0.25, -0.2) is 9.97 Å². The zero-order valence-corrected chi connectivity index (χ0v) is 11.0. The normalized spacial score (nSPS) is 11.6. The van der Waals surface area contributed by atoms with Crippen LogP contribution in [0.5, 0.6) is 0 Å². The lowest BCUT2D eigenvalue weighted by molar-refractivity contribution is 0.474. The van der Waals surface area contributed by atoms with Gasteiger partial charge in [0.1, 0.15) is 17.8 Å². The number of hydrogen-bond acceptors (Lipinski definition) is 3. The average molecular weight is 232 g/mol. The minimum Gasteiger partial charge on any atom is -0.383 e. The van der Waals surface area contributed by atoms with E-state index in [0.29, 0.717) is 11.9 Å². The van der Waals surface area contributed by atoms with Gasteiger partial charge in [-0.15, -0.1) is 0 Å². The van der Waals surface area contributed by atoms with E-state index in [1.165, 1.54) is 11.3 Å². The maximum absolute atomic E-state index is 5.96. The van der Waals surface area contributed by atoms with Crippen LogP contribution in [0, 0.1) is 13.8 Å². The highest BCUT2D eigenvalue weighted by atomic mass is 15.1. The molecule has 2 rings (SSSR count). The first-order valence-electron chi connectivity index (χ1n) is 6.19. The van der Waals surface area contributed by atoms with Crippen LogP contribution in [0.2, 0.25) is 0 Å². The van der Waals surface area contributed by atoms with Crippen molar-refractivity contribution in [3.63, 3.8) is 0 Å². The molecule has 4 nitrogen and oxygen atoms in total. The number of aromatic nitrogens is 3. The third-order valence-corrected chi connectivity index (χ3v) is 3.67. The molecule has 0 radical (unpaired) electrons. The first kappa shape index (κ1) is 11.9. The third kappa shape index (κ3) is 1.68. The molecular weight excluding hydrogens is 212 g/mol. The largest absolute Gasteiger partial charge is 0.383 e. The van der Waals surface area contributed by atoms with Crippen molar-refractivity contribution in [3.05, 3.63) is 17.6 Å². The summed E-state index contributed by atoms with van der Waals surface area (Å²) in [6, 6.07) is 0.487. The average Bonchev–Trinajstić information content (AvgIpc) is 2.57. The molecule has 2 heterocycles. The van der Waals surface area contributed by atoms with E-state index in [4.69, 9.17) is 5.73 Å². The molecule has 0 saturated carbocycles. The molecular formula is C13H20N4. The number of rotatable bonds is 3. The lowest BCUT2D eigenvalue weighted by Gasteiger charge is -2.18. The highest BCUT2D eigenvalue weighted by molar-refractivity contribution is 5.90. The number of aryl methyl sites for hydroxylation is 1. The zero-order valence-electron chi connectivity index (χ0n) is 11.0. The Morgan fingerprint density at radius 3 is 2.47 bits per heavy atom. The summed E-state index contributed by atoms with van der Waals surface area (Å²) in [6.45, 7) is 8.64. The molecule has 0 spiro atoms. The van der Waals surface area contributed by atoms with E-state index in [1.54, 1.807) is 6.33 Å². The fraction of sp³-hybridized carbons (Fsp3) is 0.538. The van der Waals surface area contributed by atoms with Gasteiger partial charge in [0.2, 0.25) is 0 Å². The fourth-order valence-corrected chi connectivity index (χ4v) is 2.55. The SMILES string of the molecule is CCC(CC)n1c(C)c(C)c2c(N)ncnc21. The van der Waals surface area contributed by atoms with Crippen molar-refractivity contribution in [2.75, 3.05) is 5.73 Å². The molecule has 2 aromatic heterocycles. The molecule has 2 aromatic rings. The molecule has 0 amide bonds. The number of nitrogens with two attached hydrogens (primary N) is 1. The van der Waals surface area contributed by atoms with Gasteiger partial charge < -0.3 is 10.3 Å². The maximum Gasteiger partial charge on any atom is 0.146 e. The molecule has 4 heteroatoms. The Balaban J connectivity index is 2.79. The number of nitrogens with zero attached hydrogens (tertiary/aromatic N) is 3. The van der Waals surface area contributed by atoms with E-state index in [0.717, 1.165) is 23.9 Å². The third-order valence-electron chi connectivity index (χ3n) is 3.67. The highest BCUT2D eigenvalue weighted by Gasteiger charge is 2.19. The van der Waals surface area contributed by atoms with Gasteiger partial charge in [0.05, 0.1) is 5.39 Å². The molecule has 0 bridgehead atoms. The Bertz CT molecular complexity index is 538. The van der Waals surface area contributed by atoms with Gasteiger partial charge in [0.15, 0.2) is 0 Å². The predicted octanol–water partition coefficient (Wildman–Crippen LogP) is 2.99. The van der Waals surface area contributed by atoms with Crippen molar-refractivity contribution >= 4 is 16.9 Å². The van der Waals surface area contributed by atoms with Crippen molar-refractivity contribution in [2.45, 2.75) is 46.6 Å². The summed E-state index contributed by atoms with van der Waals surface area (Å²) in [5, 5.41) is 1.01. The van der Waals surface area contributed by atoms with Gasteiger partial charge in [0, 0.05) is 11.7 Å². The summed E-state index contributed by atoms with van der Waals surface area (Å²) < 4.78 is 2.31. The molecule has 0 fully saturated rings. The van der Waals surface area contributed by atoms with Crippen LogP contribution in [-0.4, -0.2) is 14.5 Å². The van der Waals surface area contributed by atoms with Crippen LogP contribution in [-0.2, 0) is 0 Å². The number of nitrogen functional groups attached to an aromatic ring is 1. The quantitative estimate of drug-likeness (QED) is 0.885. The Morgan fingerprint density at radius 1 is 1.24 bits per heavy atom. The van der Waals surface area contributed by atoms with Gasteiger partial charge >= 0.3 is 0 Å². The Hall–Kier alpha value is -1.58. The smallest absolute Gasteiger partial charge is 0.146 e. The van der Waals surface area contributed by atoms with Crippen molar-refractivity contribution < 1.29 is 0 Å². The number of fused-ring (bicyclic) bond motifs is 1. The maximum atomic E-state index is 5.96. The predicted molar refractivity (Wildman–Crippen MR) is 71.0 cm³/mol. The van der Waals surface area contributed by atoms with E-state index in [1.807, 2.05) is 0 Å². The second kappa shape index (κ2) is 4.35. The van der Waals surface area contributed by atoms with Crippen molar-refractivity contribution in [1.82, 2.24) is 14.5 Å². The first-order chi connectivity index (χ1) is 8.11. The second-order valence-corrected chi connectivity index (χ2v) is 4.51. The van der Waals surface area contributed by atoms with E-state index in [-0.39, 0.29) is 0 Å². The van der Waals surface area contributed by atoms with Crippen molar-refractivity contribution in [3.8, 4) is 0 Å². The van der Waals surface area contributed by atoms with Crippen LogP contribution in [0.15, 0.2) is 6.33 Å². The minimum absolute atomic E-state index is 0.487. The molecule has 0 aliphatic heterocycles. The molecule has 2 N–H and O–H groups in total. The molecule has 0 aliphatic rings. The van der Waals surface area contributed by atoms with E-state index < -0.39 is 0 Å². The summed E-state index contributed by atoms with van der Waals surface area (Å²) in [5.41, 5.74) is 9.38. The van der Waals surface area contributed by atoms with Crippen LogP contribution in [0.1, 0.15) is 44.0 Å². The minimum atomic E-state index is 0.487. The summed E-state index contributed by atoms with van der Waals surface area (Å²) >= 11 is 0. The van der Waals surface area contributed by atoms with Crippen molar-refractivity contribution in [1.29, 1.82) is 0 Å². The molecule has 92 valence electrons. The molecule has 0 aromatic carbocycles.